The number of aromatic nitrogens is 1. The van der Waals surface area contributed by atoms with Crippen molar-refractivity contribution in [2.24, 2.45) is 0 Å². The Morgan fingerprint density at radius 1 is 1.32 bits per heavy atom. The van der Waals surface area contributed by atoms with E-state index in [1.807, 2.05) is 32.0 Å². The van der Waals surface area contributed by atoms with Crippen LogP contribution in [0.5, 0.6) is 0 Å². The molecule has 0 bridgehead atoms. The molecule has 5 heteroatoms. The van der Waals surface area contributed by atoms with E-state index in [4.69, 9.17) is 0 Å². The zero-order chi connectivity index (χ0) is 15.0. The summed E-state index contributed by atoms with van der Waals surface area (Å²) < 4.78 is 2.15. The van der Waals surface area contributed by atoms with E-state index < -0.39 is 0 Å². The summed E-state index contributed by atoms with van der Waals surface area (Å²) >= 11 is 0. The summed E-state index contributed by atoms with van der Waals surface area (Å²) in [5, 5.41) is 6.34. The minimum absolute atomic E-state index is 0. The number of hydrogen-bond acceptors (Lipinski definition) is 2. The lowest BCUT2D eigenvalue weighted by Gasteiger charge is -2.08. The van der Waals surface area contributed by atoms with Crippen molar-refractivity contribution in [3.05, 3.63) is 46.8 Å². The molecule has 22 heavy (non-hydrogen) atoms. The average Bonchev–Trinajstić information content (AvgIpc) is 3.02. The molecule has 0 atom stereocenters. The number of carbonyl (C=O) groups excluding carboxylic acids is 1. The quantitative estimate of drug-likeness (QED) is 0.904. The predicted molar refractivity (Wildman–Crippen MR) is 93.4 cm³/mol. The second-order valence-electron chi connectivity index (χ2n) is 5.53. The summed E-state index contributed by atoms with van der Waals surface area (Å²) in [6.45, 7) is 7.99. The molecule has 1 aromatic carbocycles. The van der Waals surface area contributed by atoms with Crippen LogP contribution in [0.1, 0.15) is 34.2 Å². The van der Waals surface area contributed by atoms with Crippen LogP contribution in [0, 0.1) is 13.8 Å². The van der Waals surface area contributed by atoms with Crippen LogP contribution in [-0.4, -0.2) is 17.0 Å². The minimum Gasteiger partial charge on any atom is -0.384 e. The highest BCUT2D eigenvalue weighted by atomic mass is 35.5. The Morgan fingerprint density at radius 2 is 2.09 bits per heavy atom. The molecule has 1 aliphatic heterocycles. The average molecular weight is 320 g/mol. The molecule has 2 heterocycles. The molecule has 0 fully saturated rings. The van der Waals surface area contributed by atoms with Gasteiger partial charge in [-0.15, -0.1) is 12.4 Å². The van der Waals surface area contributed by atoms with Gasteiger partial charge in [0.2, 0.25) is 0 Å². The number of aryl methyl sites for hydroxylation is 1. The van der Waals surface area contributed by atoms with Gasteiger partial charge in [0.1, 0.15) is 0 Å². The molecule has 0 aliphatic carbocycles. The summed E-state index contributed by atoms with van der Waals surface area (Å²) in [6, 6.07) is 8.01. The van der Waals surface area contributed by atoms with Gasteiger partial charge in [-0.2, -0.15) is 0 Å². The van der Waals surface area contributed by atoms with Crippen LogP contribution in [0.3, 0.4) is 0 Å². The molecule has 0 radical (unpaired) electrons. The topological polar surface area (TPSA) is 46.1 Å². The van der Waals surface area contributed by atoms with E-state index in [2.05, 4.69) is 28.2 Å². The molecule has 2 aromatic rings. The molecule has 118 valence electrons. The van der Waals surface area contributed by atoms with Gasteiger partial charge in [-0.3, -0.25) is 4.79 Å². The number of rotatable bonds is 3. The highest BCUT2D eigenvalue weighted by molar-refractivity contribution is 6.05. The maximum absolute atomic E-state index is 12.5. The van der Waals surface area contributed by atoms with E-state index in [0.29, 0.717) is 0 Å². The van der Waals surface area contributed by atoms with Crippen molar-refractivity contribution < 1.29 is 4.79 Å². The second-order valence-corrected chi connectivity index (χ2v) is 5.53. The maximum atomic E-state index is 12.5. The molecule has 1 aliphatic rings. The van der Waals surface area contributed by atoms with Crippen molar-refractivity contribution in [3.63, 3.8) is 0 Å². The number of fused-ring (bicyclic) bond motifs is 1. The molecule has 0 unspecified atom stereocenters. The summed E-state index contributed by atoms with van der Waals surface area (Å²) in [6.07, 6.45) is 1.02. The van der Waals surface area contributed by atoms with E-state index in [9.17, 15) is 4.79 Å². The predicted octanol–water partition coefficient (Wildman–Crippen LogP) is 3.77. The molecular formula is C17H22ClN3O. The van der Waals surface area contributed by atoms with E-state index in [1.165, 1.54) is 11.3 Å². The fourth-order valence-electron chi connectivity index (χ4n) is 3.10. The van der Waals surface area contributed by atoms with Crippen molar-refractivity contribution in [2.75, 3.05) is 17.2 Å². The fraction of sp³-hybridized carbons (Fsp3) is 0.353. The van der Waals surface area contributed by atoms with Crippen LogP contribution in [0.2, 0.25) is 0 Å². The first-order chi connectivity index (χ1) is 10.1. The molecule has 0 saturated carbocycles. The number of nitrogens with one attached hydrogen (secondary N) is 2. The monoisotopic (exact) mass is 319 g/mol. The molecule has 1 amide bonds. The van der Waals surface area contributed by atoms with Crippen LogP contribution in [0.25, 0.3) is 0 Å². The first-order valence-electron chi connectivity index (χ1n) is 7.45. The first kappa shape index (κ1) is 16.4. The molecule has 4 nitrogen and oxygen atoms in total. The fourth-order valence-corrected chi connectivity index (χ4v) is 3.10. The lowest BCUT2D eigenvalue weighted by molar-refractivity contribution is 0.102. The van der Waals surface area contributed by atoms with Gasteiger partial charge in [0, 0.05) is 35.9 Å². The third-order valence-electron chi connectivity index (χ3n) is 4.21. The smallest absolute Gasteiger partial charge is 0.257 e. The highest BCUT2D eigenvalue weighted by Gasteiger charge is 2.16. The number of hydrogen-bond donors (Lipinski definition) is 2. The van der Waals surface area contributed by atoms with Gasteiger partial charge in [0.25, 0.3) is 5.91 Å². The Morgan fingerprint density at radius 3 is 2.77 bits per heavy atom. The maximum Gasteiger partial charge on any atom is 0.257 e. The van der Waals surface area contributed by atoms with Gasteiger partial charge in [-0.1, -0.05) is 0 Å². The Kier molecular flexibility index (Phi) is 4.81. The van der Waals surface area contributed by atoms with Crippen molar-refractivity contribution in [1.29, 1.82) is 0 Å². The lowest BCUT2D eigenvalue weighted by Crippen LogP contribution is -2.13. The molecular weight excluding hydrogens is 298 g/mol. The summed E-state index contributed by atoms with van der Waals surface area (Å²) in [4.78, 5) is 12.5. The molecule has 0 spiro atoms. The third kappa shape index (κ3) is 2.83. The standard InChI is InChI=1S/C17H21N3O.ClH/c1-4-20-11(2)9-15(12(20)3)17(21)19-14-5-6-16-13(10-14)7-8-18-16;/h5-6,9-10,18H,4,7-8H2,1-3H3,(H,19,21);1H. The van der Waals surface area contributed by atoms with Crippen LogP contribution in [0.15, 0.2) is 24.3 Å². The van der Waals surface area contributed by atoms with Gasteiger partial charge >= 0.3 is 0 Å². The number of anilines is 2. The highest BCUT2D eigenvalue weighted by Crippen LogP contribution is 2.26. The van der Waals surface area contributed by atoms with Gasteiger partial charge in [0.15, 0.2) is 0 Å². The Hall–Kier alpha value is -1.94. The number of benzene rings is 1. The van der Waals surface area contributed by atoms with Crippen LogP contribution in [-0.2, 0) is 13.0 Å². The van der Waals surface area contributed by atoms with Crippen molar-refractivity contribution >= 4 is 29.7 Å². The zero-order valence-electron chi connectivity index (χ0n) is 13.2. The number of halogens is 1. The SMILES string of the molecule is CCn1c(C)cc(C(=O)Nc2ccc3c(c2)CCN3)c1C.Cl. The lowest BCUT2D eigenvalue weighted by atomic mass is 10.1. The van der Waals surface area contributed by atoms with E-state index in [-0.39, 0.29) is 18.3 Å². The van der Waals surface area contributed by atoms with Gasteiger partial charge in [0.05, 0.1) is 5.56 Å². The zero-order valence-corrected chi connectivity index (χ0v) is 14.0. The number of nitrogens with zero attached hydrogens (tertiary/aromatic N) is 1. The number of carbonyl (C=O) groups is 1. The van der Waals surface area contributed by atoms with Gasteiger partial charge in [-0.25, -0.2) is 0 Å². The van der Waals surface area contributed by atoms with Crippen molar-refractivity contribution in [2.45, 2.75) is 33.7 Å². The summed E-state index contributed by atoms with van der Waals surface area (Å²) in [5.41, 5.74) is 6.22. The van der Waals surface area contributed by atoms with Gasteiger partial charge < -0.3 is 15.2 Å². The summed E-state index contributed by atoms with van der Waals surface area (Å²) in [7, 11) is 0. The van der Waals surface area contributed by atoms with E-state index in [1.54, 1.807) is 0 Å². The summed E-state index contributed by atoms with van der Waals surface area (Å²) in [5.74, 6) is -0.0336. The van der Waals surface area contributed by atoms with Crippen LogP contribution >= 0.6 is 12.4 Å². The molecule has 3 rings (SSSR count). The van der Waals surface area contributed by atoms with Crippen LogP contribution < -0.4 is 10.6 Å². The van der Waals surface area contributed by atoms with E-state index in [0.717, 1.165) is 42.1 Å². The molecule has 2 N–H and O–H groups in total. The third-order valence-corrected chi connectivity index (χ3v) is 4.21. The van der Waals surface area contributed by atoms with E-state index >= 15 is 0 Å². The Balaban J connectivity index is 0.00000176. The van der Waals surface area contributed by atoms with Crippen molar-refractivity contribution in [3.8, 4) is 0 Å². The van der Waals surface area contributed by atoms with Gasteiger partial charge in [-0.05, 0) is 57.0 Å². The Bertz CT molecular complexity index is 706. The second kappa shape index (κ2) is 6.44. The van der Waals surface area contributed by atoms with Crippen LogP contribution in [0.4, 0.5) is 11.4 Å². The number of amides is 1. The normalized spacial score (nSPS) is 12.3. The molecule has 1 aromatic heterocycles. The largest absolute Gasteiger partial charge is 0.384 e. The van der Waals surface area contributed by atoms with Crippen molar-refractivity contribution in [1.82, 2.24) is 4.57 Å². The first-order valence-corrected chi connectivity index (χ1v) is 7.45. The Labute approximate surface area is 137 Å². The minimum atomic E-state index is -0.0336. The molecule has 0 saturated heterocycles.